The lowest BCUT2D eigenvalue weighted by atomic mass is 9.62. The third-order valence-electron chi connectivity index (χ3n) is 6.29. The molecule has 2 aromatic carbocycles. The third kappa shape index (κ3) is 4.99. The fourth-order valence-electron chi connectivity index (χ4n) is 4.27. The van der Waals surface area contributed by atoms with Gasteiger partial charge in [0.15, 0.2) is 6.79 Å². The molecule has 5 heteroatoms. The number of phenolic OH excluding ortho intramolecular Hbond substituents is 1. The molecular weight excluding hydrogens is 404 g/mol. The molecular formula is C27H34O5. The second-order valence-corrected chi connectivity index (χ2v) is 9.57. The molecule has 2 aromatic rings. The van der Waals surface area contributed by atoms with Crippen LogP contribution in [0.3, 0.4) is 0 Å². The second kappa shape index (κ2) is 9.37. The summed E-state index contributed by atoms with van der Waals surface area (Å²) in [5, 5.41) is 10.7. The highest BCUT2D eigenvalue weighted by molar-refractivity contribution is 5.88. The first-order valence-electron chi connectivity index (χ1n) is 11.1. The lowest BCUT2D eigenvalue weighted by Crippen LogP contribution is -2.34. The monoisotopic (exact) mass is 438 g/mol. The summed E-state index contributed by atoms with van der Waals surface area (Å²) >= 11 is 0. The van der Waals surface area contributed by atoms with E-state index in [1.807, 2.05) is 6.07 Å². The predicted molar refractivity (Wildman–Crippen MR) is 127 cm³/mol. The summed E-state index contributed by atoms with van der Waals surface area (Å²) in [6, 6.07) is 9.50. The number of carbonyl (C=O) groups excluding carboxylic acids is 1. The average Bonchev–Trinajstić information content (AvgIpc) is 2.75. The fourth-order valence-corrected chi connectivity index (χ4v) is 4.27. The molecule has 32 heavy (non-hydrogen) atoms. The Bertz CT molecular complexity index is 1020. The normalized spacial score (nSPS) is 16.6. The molecule has 1 aliphatic carbocycles. The maximum Gasteiger partial charge on any atom is 0.330 e. The molecule has 0 saturated carbocycles. The molecule has 1 aliphatic rings. The number of aromatic hydroxyl groups is 1. The quantitative estimate of drug-likeness (QED) is 0.328. The zero-order chi connectivity index (χ0) is 23.5. The molecule has 0 aromatic heterocycles. The van der Waals surface area contributed by atoms with E-state index < -0.39 is 5.97 Å². The van der Waals surface area contributed by atoms with Crippen molar-refractivity contribution in [1.29, 1.82) is 0 Å². The van der Waals surface area contributed by atoms with Gasteiger partial charge in [-0.15, -0.1) is 0 Å². The molecule has 172 valence electrons. The van der Waals surface area contributed by atoms with Crippen LogP contribution in [-0.2, 0) is 25.1 Å². The SMILES string of the molecule is CCOC(=O)C=Cc1ccc(O)c(-c2cc3c(cc2OCOC)C(C)(C)CCC3(C)C)c1. The minimum Gasteiger partial charge on any atom is -0.507 e. The van der Waals surface area contributed by atoms with Gasteiger partial charge in [0.05, 0.1) is 6.61 Å². The van der Waals surface area contributed by atoms with Gasteiger partial charge in [0.1, 0.15) is 11.5 Å². The highest BCUT2D eigenvalue weighted by Gasteiger charge is 2.38. The number of hydrogen-bond acceptors (Lipinski definition) is 5. The van der Waals surface area contributed by atoms with Crippen molar-refractivity contribution < 1.29 is 24.1 Å². The van der Waals surface area contributed by atoms with E-state index in [9.17, 15) is 9.90 Å². The summed E-state index contributed by atoms with van der Waals surface area (Å²) in [4.78, 5) is 11.7. The number of esters is 1. The van der Waals surface area contributed by atoms with Crippen LogP contribution in [-0.4, -0.2) is 31.6 Å². The molecule has 0 spiro atoms. The van der Waals surface area contributed by atoms with Crippen molar-refractivity contribution in [2.75, 3.05) is 20.5 Å². The molecule has 0 aliphatic heterocycles. The van der Waals surface area contributed by atoms with Gasteiger partial charge in [-0.05, 0) is 77.6 Å². The van der Waals surface area contributed by atoms with E-state index in [-0.39, 0.29) is 23.4 Å². The molecule has 1 N–H and O–H groups in total. The van der Waals surface area contributed by atoms with E-state index in [0.717, 1.165) is 24.0 Å². The molecule has 0 heterocycles. The molecule has 0 unspecified atom stereocenters. The minimum absolute atomic E-state index is 0.0103. The van der Waals surface area contributed by atoms with Crippen LogP contribution in [0.2, 0.25) is 0 Å². The topological polar surface area (TPSA) is 65.0 Å². The van der Waals surface area contributed by atoms with Gasteiger partial charge in [0.25, 0.3) is 0 Å². The van der Waals surface area contributed by atoms with Crippen molar-refractivity contribution in [1.82, 2.24) is 0 Å². The summed E-state index contributed by atoms with van der Waals surface area (Å²) in [6.45, 7) is 11.3. The third-order valence-corrected chi connectivity index (χ3v) is 6.29. The lowest BCUT2D eigenvalue weighted by Gasteiger charge is -2.42. The van der Waals surface area contributed by atoms with Crippen LogP contribution in [0.4, 0.5) is 0 Å². The van der Waals surface area contributed by atoms with Crippen LogP contribution in [0.25, 0.3) is 17.2 Å². The highest BCUT2D eigenvalue weighted by atomic mass is 16.7. The Labute approximate surface area is 191 Å². The fraction of sp³-hybridized carbons (Fsp3) is 0.444. The maximum atomic E-state index is 11.7. The van der Waals surface area contributed by atoms with Crippen molar-refractivity contribution in [3.63, 3.8) is 0 Å². The zero-order valence-electron chi connectivity index (χ0n) is 20.0. The second-order valence-electron chi connectivity index (χ2n) is 9.57. The van der Waals surface area contributed by atoms with E-state index in [1.54, 1.807) is 32.2 Å². The van der Waals surface area contributed by atoms with E-state index in [1.165, 1.54) is 17.2 Å². The highest BCUT2D eigenvalue weighted by Crippen LogP contribution is 2.50. The Hall–Kier alpha value is -2.79. The van der Waals surface area contributed by atoms with Crippen LogP contribution < -0.4 is 4.74 Å². The van der Waals surface area contributed by atoms with Crippen LogP contribution in [0, 0.1) is 0 Å². The molecule has 0 radical (unpaired) electrons. The first kappa shape index (κ1) is 23.9. The molecule has 0 bridgehead atoms. The summed E-state index contributed by atoms with van der Waals surface area (Å²) in [5.74, 6) is 0.413. The van der Waals surface area contributed by atoms with Crippen molar-refractivity contribution >= 4 is 12.0 Å². The van der Waals surface area contributed by atoms with Gasteiger partial charge in [-0.2, -0.15) is 0 Å². The first-order chi connectivity index (χ1) is 15.1. The number of fused-ring (bicyclic) bond motifs is 1. The van der Waals surface area contributed by atoms with Gasteiger partial charge in [-0.1, -0.05) is 33.8 Å². The van der Waals surface area contributed by atoms with Crippen molar-refractivity contribution in [3.05, 3.63) is 53.1 Å². The number of benzene rings is 2. The van der Waals surface area contributed by atoms with Crippen molar-refractivity contribution in [2.45, 2.75) is 58.3 Å². The van der Waals surface area contributed by atoms with Crippen LogP contribution in [0.15, 0.2) is 36.4 Å². The predicted octanol–water partition coefficient (Wildman–Crippen LogP) is 5.97. The van der Waals surface area contributed by atoms with E-state index in [2.05, 4.69) is 39.8 Å². The minimum atomic E-state index is -0.399. The standard InChI is InChI=1S/C27H34O5/c1-7-31-25(29)11-9-18-8-10-23(28)19(14-18)20-15-21-22(16-24(20)32-17-30-6)27(4,5)13-12-26(21,2)3/h8-11,14-16,28H,7,12-13,17H2,1-6H3. The van der Waals surface area contributed by atoms with Gasteiger partial charge >= 0.3 is 5.97 Å². The summed E-state index contributed by atoms with van der Waals surface area (Å²) in [6.07, 6.45) is 5.25. The van der Waals surface area contributed by atoms with E-state index in [0.29, 0.717) is 17.9 Å². The molecule has 3 rings (SSSR count). The Morgan fingerprint density at radius 3 is 2.31 bits per heavy atom. The van der Waals surface area contributed by atoms with Crippen LogP contribution in [0.1, 0.15) is 64.2 Å². The van der Waals surface area contributed by atoms with Crippen LogP contribution >= 0.6 is 0 Å². The largest absolute Gasteiger partial charge is 0.507 e. The zero-order valence-corrected chi connectivity index (χ0v) is 20.0. The average molecular weight is 439 g/mol. The molecule has 0 saturated heterocycles. The Kier molecular flexibility index (Phi) is 6.99. The summed E-state index contributed by atoms with van der Waals surface area (Å²) < 4.78 is 16.1. The number of carbonyl (C=O) groups is 1. The number of rotatable bonds is 7. The van der Waals surface area contributed by atoms with Gasteiger partial charge in [0, 0.05) is 24.3 Å². The Morgan fingerprint density at radius 2 is 1.69 bits per heavy atom. The Balaban J connectivity index is 2.16. The van der Waals surface area contributed by atoms with E-state index in [4.69, 9.17) is 14.2 Å². The van der Waals surface area contributed by atoms with Gasteiger partial charge in [0.2, 0.25) is 0 Å². The summed E-state index contributed by atoms with van der Waals surface area (Å²) in [7, 11) is 1.59. The van der Waals surface area contributed by atoms with Gasteiger partial charge < -0.3 is 19.3 Å². The first-order valence-corrected chi connectivity index (χ1v) is 11.1. The number of methoxy groups -OCH3 is 1. The van der Waals surface area contributed by atoms with E-state index >= 15 is 0 Å². The molecule has 5 nitrogen and oxygen atoms in total. The summed E-state index contributed by atoms with van der Waals surface area (Å²) in [5.41, 5.74) is 4.79. The number of hydrogen-bond donors (Lipinski definition) is 1. The van der Waals surface area contributed by atoms with Crippen LogP contribution in [0.5, 0.6) is 11.5 Å². The number of phenols is 1. The van der Waals surface area contributed by atoms with Crippen molar-refractivity contribution in [2.24, 2.45) is 0 Å². The number of ether oxygens (including phenoxy) is 3. The van der Waals surface area contributed by atoms with Crippen molar-refractivity contribution in [3.8, 4) is 22.6 Å². The van der Waals surface area contributed by atoms with Gasteiger partial charge in [-0.25, -0.2) is 4.79 Å². The molecule has 0 amide bonds. The lowest BCUT2D eigenvalue weighted by molar-refractivity contribution is -0.137. The molecule has 0 fully saturated rings. The Morgan fingerprint density at radius 1 is 1.03 bits per heavy atom. The smallest absolute Gasteiger partial charge is 0.330 e. The van der Waals surface area contributed by atoms with Gasteiger partial charge in [-0.3, -0.25) is 0 Å². The molecule has 0 atom stereocenters. The maximum absolute atomic E-state index is 11.7.